The van der Waals surface area contributed by atoms with E-state index in [0.717, 1.165) is 30.5 Å². The van der Waals surface area contributed by atoms with Gasteiger partial charge in [0, 0.05) is 56.6 Å². The minimum Gasteiger partial charge on any atom is -0.356 e. The first-order chi connectivity index (χ1) is 14.1. The minimum atomic E-state index is 0.00769. The van der Waals surface area contributed by atoms with Crippen molar-refractivity contribution in [2.24, 2.45) is 0 Å². The Balaban J connectivity index is 1.42. The normalized spacial score (nSPS) is 17.2. The summed E-state index contributed by atoms with van der Waals surface area (Å²) in [5.74, 6) is 1.78. The molecule has 0 unspecified atom stereocenters. The standard InChI is InChI=1S/C22H26N6O/c1-17-15-20(26-9-3-2-4-10-26)25-22(24-17)28-13-11-27(12-14-28)21(29)19-7-5-18(16-23)6-8-19/h5-8,15H,2-4,9-14H2,1H3. The average Bonchev–Trinajstić information content (AvgIpc) is 2.79. The van der Waals surface area contributed by atoms with Crippen molar-refractivity contribution < 1.29 is 4.79 Å². The Morgan fingerprint density at radius 1 is 0.931 bits per heavy atom. The van der Waals surface area contributed by atoms with Gasteiger partial charge in [-0.3, -0.25) is 4.79 Å². The molecular weight excluding hydrogens is 364 g/mol. The fourth-order valence-electron chi connectivity index (χ4n) is 3.94. The van der Waals surface area contributed by atoms with Crippen LogP contribution in [0.3, 0.4) is 0 Å². The summed E-state index contributed by atoms with van der Waals surface area (Å²) in [4.78, 5) is 28.6. The van der Waals surface area contributed by atoms with Crippen molar-refractivity contribution >= 4 is 17.7 Å². The largest absolute Gasteiger partial charge is 0.356 e. The maximum absolute atomic E-state index is 12.7. The van der Waals surface area contributed by atoms with Gasteiger partial charge in [0.1, 0.15) is 5.82 Å². The van der Waals surface area contributed by atoms with Gasteiger partial charge in [0.2, 0.25) is 5.95 Å². The van der Waals surface area contributed by atoms with Gasteiger partial charge in [0.05, 0.1) is 11.6 Å². The number of hydrogen-bond acceptors (Lipinski definition) is 6. The van der Waals surface area contributed by atoms with Crippen molar-refractivity contribution in [1.82, 2.24) is 14.9 Å². The lowest BCUT2D eigenvalue weighted by molar-refractivity contribution is 0.0746. The highest BCUT2D eigenvalue weighted by atomic mass is 16.2. The van der Waals surface area contributed by atoms with Crippen molar-refractivity contribution in [3.05, 3.63) is 47.2 Å². The summed E-state index contributed by atoms with van der Waals surface area (Å²) in [7, 11) is 0. The van der Waals surface area contributed by atoms with Gasteiger partial charge in [0.25, 0.3) is 5.91 Å². The fraction of sp³-hybridized carbons (Fsp3) is 0.455. The maximum Gasteiger partial charge on any atom is 0.253 e. The summed E-state index contributed by atoms with van der Waals surface area (Å²) in [5, 5.41) is 8.91. The molecule has 1 aromatic heterocycles. The van der Waals surface area contributed by atoms with E-state index in [1.807, 2.05) is 11.8 Å². The van der Waals surface area contributed by atoms with Crippen LogP contribution in [0.2, 0.25) is 0 Å². The Morgan fingerprint density at radius 2 is 1.62 bits per heavy atom. The zero-order chi connectivity index (χ0) is 20.2. The molecule has 2 fully saturated rings. The molecule has 1 amide bonds. The van der Waals surface area contributed by atoms with Gasteiger partial charge < -0.3 is 14.7 Å². The summed E-state index contributed by atoms with van der Waals surface area (Å²) in [5.41, 5.74) is 2.16. The van der Waals surface area contributed by atoms with Gasteiger partial charge in [-0.2, -0.15) is 10.2 Å². The number of carbonyl (C=O) groups is 1. The topological polar surface area (TPSA) is 76.4 Å². The molecule has 150 valence electrons. The zero-order valence-electron chi connectivity index (χ0n) is 16.8. The van der Waals surface area contributed by atoms with Crippen LogP contribution < -0.4 is 9.80 Å². The molecule has 0 radical (unpaired) electrons. The van der Waals surface area contributed by atoms with E-state index >= 15 is 0 Å². The van der Waals surface area contributed by atoms with Crippen molar-refractivity contribution in [3.8, 4) is 6.07 Å². The van der Waals surface area contributed by atoms with Gasteiger partial charge in [-0.25, -0.2) is 4.98 Å². The molecule has 0 N–H and O–H groups in total. The maximum atomic E-state index is 12.7. The third-order valence-electron chi connectivity index (χ3n) is 5.62. The minimum absolute atomic E-state index is 0.00769. The average molecular weight is 390 g/mol. The highest BCUT2D eigenvalue weighted by molar-refractivity contribution is 5.94. The first kappa shape index (κ1) is 19.2. The molecule has 1 aromatic carbocycles. The van der Waals surface area contributed by atoms with Gasteiger partial charge >= 0.3 is 0 Å². The number of nitrogens with zero attached hydrogens (tertiary/aromatic N) is 6. The van der Waals surface area contributed by atoms with E-state index < -0.39 is 0 Å². The fourth-order valence-corrected chi connectivity index (χ4v) is 3.94. The van der Waals surface area contributed by atoms with E-state index in [4.69, 9.17) is 10.2 Å². The van der Waals surface area contributed by atoms with Crippen molar-refractivity contribution in [1.29, 1.82) is 5.26 Å². The number of anilines is 2. The molecule has 0 bridgehead atoms. The first-order valence-electron chi connectivity index (χ1n) is 10.3. The molecule has 3 heterocycles. The van der Waals surface area contributed by atoms with E-state index in [0.29, 0.717) is 37.3 Å². The summed E-state index contributed by atoms with van der Waals surface area (Å²) >= 11 is 0. The molecule has 0 aliphatic carbocycles. The highest BCUT2D eigenvalue weighted by Gasteiger charge is 2.24. The lowest BCUT2D eigenvalue weighted by atomic mass is 10.1. The SMILES string of the molecule is Cc1cc(N2CCCCC2)nc(N2CCN(C(=O)c3ccc(C#N)cc3)CC2)n1. The van der Waals surface area contributed by atoms with Crippen molar-refractivity contribution in [2.75, 3.05) is 49.1 Å². The number of benzene rings is 1. The second-order valence-electron chi connectivity index (χ2n) is 7.68. The molecule has 0 atom stereocenters. The molecule has 2 aliphatic heterocycles. The van der Waals surface area contributed by atoms with Crippen LogP contribution in [0.1, 0.15) is 40.9 Å². The molecular formula is C22H26N6O. The van der Waals surface area contributed by atoms with Crippen LogP contribution in [0, 0.1) is 18.3 Å². The van der Waals surface area contributed by atoms with Gasteiger partial charge in [-0.15, -0.1) is 0 Å². The van der Waals surface area contributed by atoms with E-state index in [2.05, 4.69) is 26.9 Å². The Hall–Kier alpha value is -3.14. The lowest BCUT2D eigenvalue weighted by Gasteiger charge is -2.35. The van der Waals surface area contributed by atoms with E-state index in [1.165, 1.54) is 19.3 Å². The van der Waals surface area contributed by atoms with E-state index in [9.17, 15) is 4.79 Å². The Bertz CT molecular complexity index is 906. The van der Waals surface area contributed by atoms with Gasteiger partial charge in [0.15, 0.2) is 0 Å². The second-order valence-corrected chi connectivity index (χ2v) is 7.68. The van der Waals surface area contributed by atoms with Crippen LogP contribution >= 0.6 is 0 Å². The predicted octanol–water partition coefficient (Wildman–Crippen LogP) is 2.61. The number of nitriles is 1. The quantitative estimate of drug-likeness (QED) is 0.802. The number of piperidine rings is 1. The third kappa shape index (κ3) is 4.32. The van der Waals surface area contributed by atoms with Crippen LogP contribution in [0.25, 0.3) is 0 Å². The van der Waals surface area contributed by atoms with Crippen molar-refractivity contribution in [2.45, 2.75) is 26.2 Å². The molecule has 7 nitrogen and oxygen atoms in total. The van der Waals surface area contributed by atoms with Crippen LogP contribution in [-0.2, 0) is 0 Å². The van der Waals surface area contributed by atoms with E-state index in [-0.39, 0.29) is 5.91 Å². The van der Waals surface area contributed by atoms with Crippen LogP contribution in [0.5, 0.6) is 0 Å². The zero-order valence-corrected chi connectivity index (χ0v) is 16.8. The van der Waals surface area contributed by atoms with Crippen molar-refractivity contribution in [3.63, 3.8) is 0 Å². The third-order valence-corrected chi connectivity index (χ3v) is 5.62. The number of amides is 1. The Morgan fingerprint density at radius 3 is 2.28 bits per heavy atom. The number of rotatable bonds is 3. The predicted molar refractivity (Wildman–Crippen MR) is 112 cm³/mol. The molecule has 2 aromatic rings. The number of aryl methyl sites for hydroxylation is 1. The number of piperazine rings is 1. The molecule has 0 spiro atoms. The number of carbonyl (C=O) groups excluding carboxylic acids is 1. The van der Waals surface area contributed by atoms with Gasteiger partial charge in [-0.1, -0.05) is 0 Å². The van der Waals surface area contributed by atoms with Crippen LogP contribution in [0.4, 0.5) is 11.8 Å². The molecule has 0 saturated carbocycles. The molecule has 2 saturated heterocycles. The van der Waals surface area contributed by atoms with Crippen LogP contribution in [0.15, 0.2) is 30.3 Å². The first-order valence-corrected chi connectivity index (χ1v) is 10.3. The second kappa shape index (κ2) is 8.48. The smallest absolute Gasteiger partial charge is 0.253 e. The summed E-state index contributed by atoms with van der Waals surface area (Å²) in [6, 6.07) is 11.0. The number of aromatic nitrogens is 2. The summed E-state index contributed by atoms with van der Waals surface area (Å²) in [6.45, 7) is 6.83. The van der Waals surface area contributed by atoms with Gasteiger partial charge in [-0.05, 0) is 50.5 Å². The lowest BCUT2D eigenvalue weighted by Crippen LogP contribution is -2.49. The Kier molecular flexibility index (Phi) is 5.61. The Labute approximate surface area is 171 Å². The highest BCUT2D eigenvalue weighted by Crippen LogP contribution is 2.22. The molecule has 7 heteroatoms. The monoisotopic (exact) mass is 390 g/mol. The van der Waals surface area contributed by atoms with E-state index in [1.54, 1.807) is 24.3 Å². The van der Waals surface area contributed by atoms with Crippen LogP contribution in [-0.4, -0.2) is 60.0 Å². The molecule has 2 aliphatic rings. The molecule has 4 rings (SSSR count). The molecule has 29 heavy (non-hydrogen) atoms. The number of hydrogen-bond donors (Lipinski definition) is 0. The summed E-state index contributed by atoms with van der Waals surface area (Å²) < 4.78 is 0. The summed E-state index contributed by atoms with van der Waals surface area (Å²) in [6.07, 6.45) is 3.73.